The monoisotopic (exact) mass is 461 g/mol. The van der Waals surface area contributed by atoms with Crippen molar-refractivity contribution >= 4 is 34.8 Å². The largest absolute Gasteiger partial charge is 0.416 e. The Morgan fingerprint density at radius 2 is 1.52 bits per heavy atom. The Morgan fingerprint density at radius 3 is 2.03 bits per heavy atom. The van der Waals surface area contributed by atoms with Crippen molar-refractivity contribution in [2.75, 3.05) is 11.2 Å². The fourth-order valence-corrected chi connectivity index (χ4v) is 2.17. The topological polar surface area (TPSA) is 90.5 Å². The number of rotatable bonds is 5. The molecule has 4 N–H and O–H groups in total. The summed E-state index contributed by atoms with van der Waals surface area (Å²) >= 11 is 5.33. The third-order valence-corrected chi connectivity index (χ3v) is 3.70. The zero-order valence-electron chi connectivity index (χ0n) is 17.7. The van der Waals surface area contributed by atoms with Crippen molar-refractivity contribution in [3.05, 3.63) is 59.7 Å². The van der Waals surface area contributed by atoms with Crippen molar-refractivity contribution in [1.82, 2.24) is 10.9 Å². The lowest BCUT2D eigenvalue weighted by molar-refractivity contribution is -0.137. The number of para-hydroxylation sites is 1. The van der Waals surface area contributed by atoms with E-state index < -0.39 is 29.7 Å². The smallest absolute Gasteiger partial charge is 0.382 e. The van der Waals surface area contributed by atoms with Gasteiger partial charge >= 0.3 is 6.18 Å². The third-order valence-electron chi connectivity index (χ3n) is 3.41. The molecule has 172 valence electrons. The Morgan fingerprint density at radius 1 is 0.968 bits per heavy atom. The van der Waals surface area contributed by atoms with E-state index >= 15 is 0 Å². The predicted molar refractivity (Wildman–Crippen MR) is 116 cm³/mol. The molecule has 0 fully saturated rings. The van der Waals surface area contributed by atoms with Gasteiger partial charge in [-0.25, -0.2) is 0 Å². The second kappa shape index (κ2) is 14.3. The van der Waals surface area contributed by atoms with Crippen molar-refractivity contribution in [2.24, 2.45) is 0 Å². The van der Waals surface area contributed by atoms with Gasteiger partial charge in [0.05, 0.1) is 22.7 Å². The van der Waals surface area contributed by atoms with Crippen LogP contribution in [0.4, 0.5) is 24.5 Å². The first-order valence-corrected chi connectivity index (χ1v) is 10.1. The molecule has 0 aliphatic heterocycles. The van der Waals surface area contributed by atoms with E-state index in [2.05, 4.69) is 10.7 Å². The van der Waals surface area contributed by atoms with Gasteiger partial charge in [0.1, 0.15) is 6.10 Å². The van der Waals surface area contributed by atoms with Gasteiger partial charge in [-0.1, -0.05) is 39.8 Å². The minimum absolute atomic E-state index is 0.123. The van der Waals surface area contributed by atoms with E-state index in [9.17, 15) is 27.9 Å². The van der Waals surface area contributed by atoms with Crippen molar-refractivity contribution in [1.29, 1.82) is 0 Å². The van der Waals surface area contributed by atoms with Crippen molar-refractivity contribution in [2.45, 2.75) is 40.0 Å². The second-order valence-corrected chi connectivity index (χ2v) is 5.67. The summed E-state index contributed by atoms with van der Waals surface area (Å²) in [7, 11) is 0. The molecular formula is C21H27ClF3N3O3. The van der Waals surface area contributed by atoms with Crippen LogP contribution >= 0.6 is 11.6 Å². The summed E-state index contributed by atoms with van der Waals surface area (Å²) in [6.07, 6.45) is -5.92. The molecule has 2 rings (SSSR count). The normalized spacial score (nSPS) is 11.0. The third kappa shape index (κ3) is 9.27. The maximum atomic E-state index is 12.6. The van der Waals surface area contributed by atoms with Crippen LogP contribution in [0.5, 0.6) is 0 Å². The van der Waals surface area contributed by atoms with E-state index in [1.165, 1.54) is 18.2 Å². The van der Waals surface area contributed by atoms with Gasteiger partial charge in [-0.05, 0) is 36.4 Å². The Balaban J connectivity index is 0.00000212. The summed E-state index contributed by atoms with van der Waals surface area (Å²) in [5, 5.41) is 12.1. The summed E-state index contributed by atoms with van der Waals surface area (Å²) in [5.41, 5.74) is 4.12. The predicted octanol–water partition coefficient (Wildman–Crippen LogP) is 4.86. The summed E-state index contributed by atoms with van der Waals surface area (Å²) in [4.78, 5) is 23.7. The highest BCUT2D eigenvalue weighted by atomic mass is 35.5. The molecule has 0 aliphatic rings. The maximum absolute atomic E-state index is 12.6. The summed E-state index contributed by atoms with van der Waals surface area (Å²) in [6, 6.07) is 10.5. The number of aliphatic hydroxyl groups is 1. The number of anilines is 2. The Bertz CT molecular complexity index is 816. The van der Waals surface area contributed by atoms with Gasteiger partial charge in [0.25, 0.3) is 11.8 Å². The average Bonchev–Trinajstić information content (AvgIpc) is 2.79. The molecule has 0 bridgehead atoms. The molecular weight excluding hydrogens is 435 g/mol. The first kappa shape index (κ1) is 28.2. The van der Waals surface area contributed by atoms with Crippen LogP contribution in [0.15, 0.2) is 48.5 Å². The van der Waals surface area contributed by atoms with E-state index in [1.807, 2.05) is 33.1 Å². The van der Waals surface area contributed by atoms with Gasteiger partial charge in [-0.3, -0.25) is 20.4 Å². The number of carbonyl (C=O) groups is 2. The van der Waals surface area contributed by atoms with Gasteiger partial charge in [0.15, 0.2) is 0 Å². The number of carbonyl (C=O) groups excluding carboxylic acids is 2. The Hall–Kier alpha value is -2.78. The van der Waals surface area contributed by atoms with Crippen LogP contribution in [-0.2, 0) is 11.0 Å². The lowest BCUT2D eigenvalue weighted by Gasteiger charge is -2.14. The van der Waals surface area contributed by atoms with Gasteiger partial charge < -0.3 is 10.4 Å². The van der Waals surface area contributed by atoms with Gasteiger partial charge in [-0.2, -0.15) is 13.2 Å². The first-order valence-electron chi connectivity index (χ1n) is 9.60. The van der Waals surface area contributed by atoms with Crippen LogP contribution in [0.1, 0.15) is 43.6 Å². The fourth-order valence-electron chi connectivity index (χ4n) is 2.03. The molecule has 2 aromatic carbocycles. The molecule has 2 amide bonds. The molecule has 2 aromatic rings. The highest BCUT2D eigenvalue weighted by molar-refractivity contribution is 6.19. The van der Waals surface area contributed by atoms with E-state index in [1.54, 1.807) is 18.2 Å². The van der Waals surface area contributed by atoms with E-state index in [0.29, 0.717) is 11.4 Å². The minimum atomic E-state index is -4.44. The molecule has 6 nitrogen and oxygen atoms in total. The van der Waals surface area contributed by atoms with Crippen LogP contribution in [0, 0.1) is 0 Å². The molecule has 0 saturated heterocycles. The van der Waals surface area contributed by atoms with Crippen molar-refractivity contribution in [3.8, 4) is 0 Å². The molecule has 1 unspecified atom stereocenters. The number of hydrogen-bond donors (Lipinski definition) is 4. The summed E-state index contributed by atoms with van der Waals surface area (Å²) < 4.78 is 37.8. The molecule has 1 atom stereocenters. The fraction of sp³-hybridized carbons (Fsp3) is 0.333. The summed E-state index contributed by atoms with van der Waals surface area (Å²) in [6.45, 7) is 8.00. The number of amides is 2. The van der Waals surface area contributed by atoms with E-state index in [4.69, 9.17) is 11.6 Å². The van der Waals surface area contributed by atoms with Crippen LogP contribution in [0.25, 0.3) is 0 Å². The maximum Gasteiger partial charge on any atom is 0.416 e. The zero-order valence-corrected chi connectivity index (χ0v) is 18.4. The number of benzene rings is 2. The standard InChI is InChI=1S/C17H15ClF3N3O3.2C2H6/c18-9-14(25)16(27)24-23-15(26)12-3-1-2-4-13(12)22-11-7-5-10(6-8-11)17(19,20)21;2*1-2/h1-8,14,22,25H,9H2,(H,23,26)(H,24,27);2*1-2H3. The molecule has 0 aliphatic carbocycles. The summed E-state index contributed by atoms with van der Waals surface area (Å²) in [5.74, 6) is -1.92. The van der Waals surface area contributed by atoms with Crippen LogP contribution in [-0.4, -0.2) is 28.9 Å². The quantitative estimate of drug-likeness (QED) is 0.378. The lowest BCUT2D eigenvalue weighted by atomic mass is 10.1. The number of aliphatic hydroxyl groups excluding tert-OH is 1. The molecule has 0 heterocycles. The van der Waals surface area contributed by atoms with Gasteiger partial charge in [0, 0.05) is 5.69 Å². The molecule has 31 heavy (non-hydrogen) atoms. The Labute approximate surface area is 184 Å². The van der Waals surface area contributed by atoms with Gasteiger partial charge in [-0.15, -0.1) is 11.6 Å². The highest BCUT2D eigenvalue weighted by Gasteiger charge is 2.30. The molecule has 10 heteroatoms. The number of nitrogens with one attached hydrogen (secondary N) is 3. The van der Waals surface area contributed by atoms with Crippen molar-refractivity contribution < 1.29 is 27.9 Å². The van der Waals surface area contributed by atoms with Crippen LogP contribution in [0.3, 0.4) is 0 Å². The average molecular weight is 462 g/mol. The first-order chi connectivity index (χ1) is 14.7. The number of hydrogen-bond acceptors (Lipinski definition) is 4. The SMILES string of the molecule is CC.CC.O=C(NNC(=O)C(O)CCl)c1ccccc1Nc1ccc(C(F)(F)F)cc1. The zero-order chi connectivity index (χ0) is 24.0. The van der Waals surface area contributed by atoms with E-state index in [-0.39, 0.29) is 11.4 Å². The molecule has 0 radical (unpaired) electrons. The second-order valence-electron chi connectivity index (χ2n) is 5.36. The number of halogens is 4. The lowest BCUT2D eigenvalue weighted by Crippen LogP contribution is -2.47. The van der Waals surface area contributed by atoms with E-state index in [0.717, 1.165) is 12.1 Å². The Kier molecular flexibility index (Phi) is 13.0. The van der Waals surface area contributed by atoms with Crippen molar-refractivity contribution in [3.63, 3.8) is 0 Å². The molecule has 0 aromatic heterocycles. The number of alkyl halides is 4. The highest BCUT2D eigenvalue weighted by Crippen LogP contribution is 2.30. The minimum Gasteiger partial charge on any atom is -0.382 e. The van der Waals surface area contributed by atoms with Gasteiger partial charge in [0.2, 0.25) is 0 Å². The van der Waals surface area contributed by atoms with Crippen LogP contribution in [0.2, 0.25) is 0 Å². The molecule has 0 spiro atoms. The van der Waals surface area contributed by atoms with Crippen LogP contribution < -0.4 is 16.2 Å². The molecule has 0 saturated carbocycles. The number of hydrazine groups is 1.